The number of hydrogen-bond acceptors (Lipinski definition) is 2. The molecule has 0 saturated carbocycles. The molecule has 0 amide bonds. The predicted molar refractivity (Wildman–Crippen MR) is 88.1 cm³/mol. The summed E-state index contributed by atoms with van der Waals surface area (Å²) >= 11 is 0. The number of anilines is 1. The van der Waals surface area contributed by atoms with Gasteiger partial charge in [0.15, 0.2) is 0 Å². The van der Waals surface area contributed by atoms with Crippen molar-refractivity contribution in [1.29, 1.82) is 0 Å². The largest absolute Gasteiger partial charge is 0.482 e. The minimum absolute atomic E-state index is 0.0877. The Balaban J connectivity index is 2.12. The SMILES string of the molecule is CNc1ccccc1C1(C)CC(C)(C)c2ccccc2O1. The minimum Gasteiger partial charge on any atom is -0.482 e. The van der Waals surface area contributed by atoms with E-state index in [1.807, 2.05) is 13.1 Å². The summed E-state index contributed by atoms with van der Waals surface area (Å²) in [5, 5.41) is 3.29. The van der Waals surface area contributed by atoms with Crippen molar-refractivity contribution in [3.05, 3.63) is 59.7 Å². The molecule has 0 aliphatic carbocycles. The second-order valence-electron chi connectivity index (χ2n) is 6.69. The fraction of sp³-hybridized carbons (Fsp3) is 0.368. The van der Waals surface area contributed by atoms with Crippen LogP contribution in [0.25, 0.3) is 0 Å². The third kappa shape index (κ3) is 2.29. The van der Waals surface area contributed by atoms with Crippen molar-refractivity contribution in [2.45, 2.75) is 38.2 Å². The molecule has 2 nitrogen and oxygen atoms in total. The van der Waals surface area contributed by atoms with E-state index in [1.54, 1.807) is 0 Å². The van der Waals surface area contributed by atoms with E-state index in [9.17, 15) is 0 Å². The van der Waals surface area contributed by atoms with Crippen LogP contribution in [0.2, 0.25) is 0 Å². The summed E-state index contributed by atoms with van der Waals surface area (Å²) in [6, 6.07) is 16.8. The molecule has 1 aliphatic heterocycles. The molecule has 0 radical (unpaired) electrons. The zero-order valence-corrected chi connectivity index (χ0v) is 13.2. The van der Waals surface area contributed by atoms with Crippen LogP contribution >= 0.6 is 0 Å². The van der Waals surface area contributed by atoms with Crippen LogP contribution in [0.1, 0.15) is 38.3 Å². The lowest BCUT2D eigenvalue weighted by Crippen LogP contribution is -2.41. The molecule has 0 bridgehead atoms. The van der Waals surface area contributed by atoms with E-state index in [4.69, 9.17) is 4.74 Å². The van der Waals surface area contributed by atoms with Crippen LogP contribution < -0.4 is 10.1 Å². The van der Waals surface area contributed by atoms with Crippen LogP contribution in [-0.4, -0.2) is 7.05 Å². The lowest BCUT2D eigenvalue weighted by Gasteiger charge is -2.45. The van der Waals surface area contributed by atoms with Gasteiger partial charge < -0.3 is 10.1 Å². The van der Waals surface area contributed by atoms with E-state index in [0.29, 0.717) is 0 Å². The van der Waals surface area contributed by atoms with Crippen molar-refractivity contribution >= 4 is 5.69 Å². The van der Waals surface area contributed by atoms with Crippen LogP contribution in [0.5, 0.6) is 5.75 Å². The summed E-state index contributed by atoms with van der Waals surface area (Å²) in [7, 11) is 1.96. The molecule has 0 aromatic heterocycles. The summed E-state index contributed by atoms with van der Waals surface area (Å²) < 4.78 is 6.44. The van der Waals surface area contributed by atoms with Crippen molar-refractivity contribution in [3.63, 3.8) is 0 Å². The first kappa shape index (κ1) is 14.0. The highest BCUT2D eigenvalue weighted by Gasteiger charge is 2.43. The van der Waals surface area contributed by atoms with E-state index < -0.39 is 0 Å². The zero-order chi connectivity index (χ0) is 15.1. The smallest absolute Gasteiger partial charge is 0.134 e. The van der Waals surface area contributed by atoms with E-state index in [0.717, 1.165) is 17.9 Å². The summed E-state index contributed by atoms with van der Waals surface area (Å²) in [6.45, 7) is 6.80. The van der Waals surface area contributed by atoms with E-state index in [-0.39, 0.29) is 11.0 Å². The Morgan fingerprint density at radius 3 is 2.24 bits per heavy atom. The molecule has 1 unspecified atom stereocenters. The Bertz CT molecular complexity index is 662. The molecule has 1 N–H and O–H groups in total. The lowest BCUT2D eigenvalue weighted by atomic mass is 9.71. The van der Waals surface area contributed by atoms with E-state index in [2.05, 4.69) is 68.6 Å². The Hall–Kier alpha value is -1.96. The van der Waals surface area contributed by atoms with Crippen molar-refractivity contribution in [3.8, 4) is 5.75 Å². The average molecular weight is 281 g/mol. The molecule has 110 valence electrons. The number of nitrogens with one attached hydrogen (secondary N) is 1. The third-order valence-electron chi connectivity index (χ3n) is 4.50. The second kappa shape index (κ2) is 4.80. The number of fused-ring (bicyclic) bond motifs is 1. The minimum atomic E-state index is -0.322. The zero-order valence-electron chi connectivity index (χ0n) is 13.2. The van der Waals surface area contributed by atoms with E-state index in [1.165, 1.54) is 11.1 Å². The highest BCUT2D eigenvalue weighted by Crippen LogP contribution is 2.49. The normalized spacial score (nSPS) is 23.0. The Morgan fingerprint density at radius 2 is 1.52 bits per heavy atom. The van der Waals surface area contributed by atoms with Gasteiger partial charge in [-0.05, 0) is 30.0 Å². The molecule has 1 aliphatic rings. The van der Waals surface area contributed by atoms with Gasteiger partial charge in [-0.15, -0.1) is 0 Å². The van der Waals surface area contributed by atoms with Crippen LogP contribution in [0.4, 0.5) is 5.69 Å². The van der Waals surface area contributed by atoms with Gasteiger partial charge >= 0.3 is 0 Å². The molecule has 0 saturated heterocycles. The second-order valence-corrected chi connectivity index (χ2v) is 6.69. The number of rotatable bonds is 2. The molecule has 1 atom stereocenters. The van der Waals surface area contributed by atoms with Crippen LogP contribution in [-0.2, 0) is 11.0 Å². The van der Waals surface area contributed by atoms with Gasteiger partial charge in [0, 0.05) is 24.7 Å². The number of hydrogen-bond donors (Lipinski definition) is 1. The van der Waals surface area contributed by atoms with Gasteiger partial charge in [-0.3, -0.25) is 0 Å². The van der Waals surface area contributed by atoms with Gasteiger partial charge in [-0.1, -0.05) is 50.2 Å². The van der Waals surface area contributed by atoms with Gasteiger partial charge in [0.1, 0.15) is 11.4 Å². The average Bonchev–Trinajstić information content (AvgIpc) is 2.46. The quantitative estimate of drug-likeness (QED) is 0.861. The maximum absolute atomic E-state index is 6.44. The fourth-order valence-corrected chi connectivity index (χ4v) is 3.64. The summed E-state index contributed by atoms with van der Waals surface area (Å²) in [5.41, 5.74) is 3.41. The van der Waals surface area contributed by atoms with Gasteiger partial charge in [0.25, 0.3) is 0 Å². The van der Waals surface area contributed by atoms with Crippen molar-refractivity contribution in [1.82, 2.24) is 0 Å². The summed E-state index contributed by atoms with van der Waals surface area (Å²) in [6.07, 6.45) is 0.954. The van der Waals surface area contributed by atoms with Crippen molar-refractivity contribution in [2.75, 3.05) is 12.4 Å². The Morgan fingerprint density at radius 1 is 0.905 bits per heavy atom. The van der Waals surface area contributed by atoms with E-state index >= 15 is 0 Å². The first-order valence-electron chi connectivity index (χ1n) is 7.52. The third-order valence-corrected chi connectivity index (χ3v) is 4.50. The topological polar surface area (TPSA) is 21.3 Å². The number of ether oxygens (including phenoxy) is 1. The first-order valence-corrected chi connectivity index (χ1v) is 7.52. The van der Waals surface area contributed by atoms with Crippen LogP contribution in [0, 0.1) is 0 Å². The van der Waals surface area contributed by atoms with Crippen molar-refractivity contribution in [2.24, 2.45) is 0 Å². The summed E-state index contributed by atoms with van der Waals surface area (Å²) in [4.78, 5) is 0. The van der Waals surface area contributed by atoms with Gasteiger partial charge in [-0.2, -0.15) is 0 Å². The highest BCUT2D eigenvalue weighted by molar-refractivity contribution is 5.55. The molecule has 2 heteroatoms. The maximum Gasteiger partial charge on any atom is 0.134 e. The fourth-order valence-electron chi connectivity index (χ4n) is 3.64. The number of para-hydroxylation sites is 2. The molecule has 3 rings (SSSR count). The standard InChI is InChI=1S/C19H23NO/c1-18(2)13-19(3,14-9-5-7-11-16(14)20-4)21-17-12-8-6-10-15(17)18/h5-12,20H,13H2,1-4H3. The number of benzene rings is 2. The maximum atomic E-state index is 6.44. The van der Waals surface area contributed by atoms with Gasteiger partial charge in [0.2, 0.25) is 0 Å². The first-order chi connectivity index (χ1) is 9.96. The Kier molecular flexibility index (Phi) is 3.20. The molecule has 1 heterocycles. The van der Waals surface area contributed by atoms with Crippen molar-refractivity contribution < 1.29 is 4.74 Å². The molecule has 0 fully saturated rings. The molecule has 2 aromatic rings. The molecule has 21 heavy (non-hydrogen) atoms. The predicted octanol–water partition coefficient (Wildman–Crippen LogP) is 4.70. The van der Waals surface area contributed by atoms with Crippen LogP contribution in [0.15, 0.2) is 48.5 Å². The molecular formula is C19H23NO. The summed E-state index contributed by atoms with van der Waals surface area (Å²) in [5.74, 6) is 1.00. The molecule has 0 spiro atoms. The Labute approximate surface area is 127 Å². The monoisotopic (exact) mass is 281 g/mol. The van der Waals surface area contributed by atoms with Gasteiger partial charge in [0.05, 0.1) is 0 Å². The highest BCUT2D eigenvalue weighted by atomic mass is 16.5. The van der Waals surface area contributed by atoms with Gasteiger partial charge in [-0.25, -0.2) is 0 Å². The lowest BCUT2D eigenvalue weighted by molar-refractivity contribution is 0.0331. The molecule has 2 aromatic carbocycles. The van der Waals surface area contributed by atoms with Crippen LogP contribution in [0.3, 0.4) is 0 Å². The molecular weight excluding hydrogens is 258 g/mol.